The summed E-state index contributed by atoms with van der Waals surface area (Å²) >= 11 is 3.37. The second kappa shape index (κ2) is 9.99. The number of amides is 2. The number of carbonyl (C=O) groups is 2. The average Bonchev–Trinajstić information content (AvgIpc) is 3.39. The van der Waals surface area contributed by atoms with Crippen LogP contribution in [0.5, 0.6) is 0 Å². The van der Waals surface area contributed by atoms with Gasteiger partial charge in [0.25, 0.3) is 0 Å². The summed E-state index contributed by atoms with van der Waals surface area (Å²) in [7, 11) is 0. The molecule has 0 aromatic heterocycles. The molecule has 3 aliphatic heterocycles. The van der Waals surface area contributed by atoms with Crippen LogP contribution < -0.4 is 4.90 Å². The zero-order valence-corrected chi connectivity index (χ0v) is 25.9. The molecule has 5 rings (SSSR count). The molecule has 7 heteroatoms. The summed E-state index contributed by atoms with van der Waals surface area (Å²) in [5.74, 6) is -0.558. The number of rotatable bonds is 3. The van der Waals surface area contributed by atoms with E-state index in [1.165, 1.54) is 17.2 Å². The quantitative estimate of drug-likeness (QED) is 0.415. The summed E-state index contributed by atoms with van der Waals surface area (Å²) in [5.41, 5.74) is 4.42. The second-order valence-corrected chi connectivity index (χ2v) is 14.0. The first kappa shape index (κ1) is 28.3. The zero-order valence-electron chi connectivity index (χ0n) is 24.3. The van der Waals surface area contributed by atoms with E-state index in [-0.39, 0.29) is 41.0 Å². The highest BCUT2D eigenvalue weighted by molar-refractivity contribution is 9.10. The number of hydrogen-bond acceptors (Lipinski definition) is 3. The van der Waals surface area contributed by atoms with Crippen LogP contribution in [0.4, 0.5) is 10.1 Å². The molecule has 0 bridgehead atoms. The summed E-state index contributed by atoms with van der Waals surface area (Å²) in [6.07, 6.45) is 1.23. The molecule has 210 valence electrons. The van der Waals surface area contributed by atoms with Gasteiger partial charge in [-0.15, -0.1) is 0 Å². The number of halogens is 2. The maximum atomic E-state index is 15.1. The van der Waals surface area contributed by atoms with Crippen molar-refractivity contribution in [1.82, 2.24) is 9.80 Å². The van der Waals surface area contributed by atoms with Gasteiger partial charge in [-0.25, -0.2) is 4.39 Å². The van der Waals surface area contributed by atoms with Crippen LogP contribution in [0.25, 0.3) is 0 Å². The van der Waals surface area contributed by atoms with Crippen molar-refractivity contribution in [1.29, 1.82) is 0 Å². The van der Waals surface area contributed by atoms with E-state index in [1.54, 1.807) is 0 Å². The van der Waals surface area contributed by atoms with Crippen LogP contribution in [0.15, 0.2) is 34.8 Å². The number of hydrogen-bond donors (Lipinski definition) is 0. The standard InChI is InChI=1S/C32H41BrFN3O2/c1-19(2)37-28-15-21(4)20(3)14-26(28)32(30(37)39)10-12-35(13-11-32)29(38)25-18-36(31(5,6)7)17-24(25)23-9-8-22(33)16-27(23)34/h8-9,14-16,19,24-25H,10-13,17-18H2,1-7H3/t24-,25+/m0/s1. The number of benzene rings is 2. The minimum absolute atomic E-state index is 0.0702. The van der Waals surface area contributed by atoms with Crippen LogP contribution in [-0.4, -0.2) is 59.4 Å². The zero-order chi connectivity index (χ0) is 28.4. The Morgan fingerprint density at radius 3 is 2.28 bits per heavy atom. The van der Waals surface area contributed by atoms with Crippen LogP contribution in [0.2, 0.25) is 0 Å². The van der Waals surface area contributed by atoms with E-state index in [0.29, 0.717) is 49.1 Å². The Balaban J connectivity index is 1.42. The number of carbonyl (C=O) groups excluding carboxylic acids is 2. The number of aryl methyl sites for hydroxylation is 2. The molecule has 1 spiro atoms. The fourth-order valence-corrected chi connectivity index (χ4v) is 7.23. The van der Waals surface area contributed by atoms with Gasteiger partial charge < -0.3 is 9.80 Å². The molecule has 3 heterocycles. The molecule has 0 unspecified atom stereocenters. The third-order valence-corrected chi connectivity index (χ3v) is 9.90. The minimum Gasteiger partial charge on any atom is -0.342 e. The normalized spacial score (nSPS) is 23.3. The number of nitrogens with zero attached hydrogens (tertiary/aromatic N) is 3. The molecular formula is C32H41BrFN3O2. The van der Waals surface area contributed by atoms with Crippen molar-refractivity contribution in [2.45, 2.75) is 84.2 Å². The lowest BCUT2D eigenvalue weighted by Crippen LogP contribution is -2.52. The van der Waals surface area contributed by atoms with Gasteiger partial charge in [0.15, 0.2) is 0 Å². The molecule has 2 atom stereocenters. The lowest BCUT2D eigenvalue weighted by atomic mass is 9.72. The summed E-state index contributed by atoms with van der Waals surface area (Å²) in [6, 6.07) is 9.60. The third-order valence-electron chi connectivity index (χ3n) is 9.41. The van der Waals surface area contributed by atoms with Gasteiger partial charge in [-0.1, -0.05) is 28.1 Å². The highest BCUT2D eigenvalue weighted by Crippen LogP contribution is 2.50. The molecule has 5 nitrogen and oxygen atoms in total. The first-order valence-electron chi connectivity index (χ1n) is 14.2. The molecule has 2 amide bonds. The number of likely N-dealkylation sites (tertiary alicyclic amines) is 2. The molecular weight excluding hydrogens is 557 g/mol. The van der Waals surface area contributed by atoms with Gasteiger partial charge in [0, 0.05) is 53.8 Å². The van der Waals surface area contributed by atoms with E-state index in [1.807, 2.05) is 21.9 Å². The smallest absolute Gasteiger partial charge is 0.238 e. The largest absolute Gasteiger partial charge is 0.342 e. The van der Waals surface area contributed by atoms with Gasteiger partial charge in [0.1, 0.15) is 5.82 Å². The van der Waals surface area contributed by atoms with Gasteiger partial charge in [-0.2, -0.15) is 0 Å². The molecule has 0 saturated carbocycles. The molecule has 2 saturated heterocycles. The summed E-state index contributed by atoms with van der Waals surface area (Å²) < 4.78 is 15.8. The lowest BCUT2D eigenvalue weighted by molar-refractivity contribution is -0.139. The minimum atomic E-state index is -0.584. The summed E-state index contributed by atoms with van der Waals surface area (Å²) in [4.78, 5) is 34.3. The van der Waals surface area contributed by atoms with E-state index in [0.717, 1.165) is 11.3 Å². The van der Waals surface area contributed by atoms with Crippen LogP contribution in [0.1, 0.15) is 75.6 Å². The van der Waals surface area contributed by atoms with Gasteiger partial charge in [0.2, 0.25) is 11.8 Å². The Kier molecular flexibility index (Phi) is 7.24. The fraction of sp³-hybridized carbons (Fsp3) is 0.562. The monoisotopic (exact) mass is 597 g/mol. The first-order valence-corrected chi connectivity index (χ1v) is 15.0. The predicted octanol–water partition coefficient (Wildman–Crippen LogP) is 6.33. The third kappa shape index (κ3) is 4.73. The van der Waals surface area contributed by atoms with Crippen molar-refractivity contribution in [3.8, 4) is 0 Å². The van der Waals surface area contributed by atoms with Gasteiger partial charge in [0.05, 0.1) is 11.3 Å². The molecule has 2 aromatic rings. The van der Waals surface area contributed by atoms with Gasteiger partial charge >= 0.3 is 0 Å². The molecule has 0 aliphatic carbocycles. The van der Waals surface area contributed by atoms with Crippen molar-refractivity contribution in [2.75, 3.05) is 31.1 Å². The Hall–Kier alpha value is -2.25. The molecule has 0 radical (unpaired) electrons. The Labute approximate surface area is 240 Å². The highest BCUT2D eigenvalue weighted by atomic mass is 79.9. The van der Waals surface area contributed by atoms with E-state index in [4.69, 9.17) is 0 Å². The Morgan fingerprint density at radius 1 is 1.05 bits per heavy atom. The van der Waals surface area contributed by atoms with E-state index < -0.39 is 5.41 Å². The van der Waals surface area contributed by atoms with Gasteiger partial charge in [-0.05, 0) is 102 Å². The summed E-state index contributed by atoms with van der Waals surface area (Å²) in [6.45, 7) is 17.1. The topological polar surface area (TPSA) is 43.9 Å². The molecule has 0 N–H and O–H groups in total. The maximum absolute atomic E-state index is 15.1. The van der Waals surface area contributed by atoms with Crippen molar-refractivity contribution in [3.63, 3.8) is 0 Å². The van der Waals surface area contributed by atoms with Crippen LogP contribution in [0.3, 0.4) is 0 Å². The summed E-state index contributed by atoms with van der Waals surface area (Å²) in [5, 5.41) is 0. The Bertz CT molecular complexity index is 1310. The fourth-order valence-electron chi connectivity index (χ4n) is 6.90. The Morgan fingerprint density at radius 2 is 1.69 bits per heavy atom. The van der Waals surface area contributed by atoms with E-state index in [9.17, 15) is 9.59 Å². The predicted molar refractivity (Wildman–Crippen MR) is 158 cm³/mol. The van der Waals surface area contributed by atoms with Crippen molar-refractivity contribution in [2.24, 2.45) is 5.92 Å². The molecule has 39 heavy (non-hydrogen) atoms. The number of piperidine rings is 1. The average molecular weight is 599 g/mol. The SMILES string of the molecule is Cc1cc2c(cc1C)C1(CCN(C(=O)[C@@H]3CN(C(C)(C)C)C[C@H]3c3ccc(Br)cc3F)CC1)C(=O)N2C(C)C. The lowest BCUT2D eigenvalue weighted by Gasteiger charge is -2.40. The van der Waals surface area contributed by atoms with Crippen molar-refractivity contribution in [3.05, 3.63) is 62.9 Å². The first-order chi connectivity index (χ1) is 18.2. The van der Waals surface area contributed by atoms with E-state index in [2.05, 4.69) is 81.4 Å². The molecule has 2 fully saturated rings. The van der Waals surface area contributed by atoms with Crippen LogP contribution in [-0.2, 0) is 15.0 Å². The maximum Gasteiger partial charge on any atom is 0.238 e. The van der Waals surface area contributed by atoms with Gasteiger partial charge in [-0.3, -0.25) is 14.5 Å². The van der Waals surface area contributed by atoms with Crippen LogP contribution in [0, 0.1) is 25.6 Å². The van der Waals surface area contributed by atoms with Crippen molar-refractivity contribution < 1.29 is 14.0 Å². The number of fused-ring (bicyclic) bond motifs is 2. The van der Waals surface area contributed by atoms with Crippen molar-refractivity contribution >= 4 is 33.4 Å². The second-order valence-electron chi connectivity index (χ2n) is 13.1. The molecule has 3 aliphatic rings. The van der Waals surface area contributed by atoms with E-state index >= 15 is 4.39 Å². The van der Waals surface area contributed by atoms with Crippen LogP contribution >= 0.6 is 15.9 Å². The molecule has 2 aromatic carbocycles. The highest BCUT2D eigenvalue weighted by Gasteiger charge is 2.54. The number of anilines is 1.